The summed E-state index contributed by atoms with van der Waals surface area (Å²) in [6.45, 7) is 7.21. The van der Waals surface area contributed by atoms with Gasteiger partial charge in [0.1, 0.15) is 11.9 Å². The Bertz CT molecular complexity index is 650. The summed E-state index contributed by atoms with van der Waals surface area (Å²) in [4.78, 5) is 18.9. The molecule has 0 aliphatic rings. The number of rotatable bonds is 5. The van der Waals surface area contributed by atoms with Crippen molar-refractivity contribution in [3.05, 3.63) is 29.0 Å². The van der Waals surface area contributed by atoms with Gasteiger partial charge in [0.05, 0.1) is 16.9 Å². The summed E-state index contributed by atoms with van der Waals surface area (Å²) in [5.41, 5.74) is 1.64. The topological polar surface area (TPSA) is 38.1 Å². The van der Waals surface area contributed by atoms with Crippen LogP contribution in [0.3, 0.4) is 0 Å². The van der Waals surface area contributed by atoms with Gasteiger partial charge in [0.25, 0.3) is 0 Å². The first-order valence-electron chi connectivity index (χ1n) is 7.04. The van der Waals surface area contributed by atoms with Crippen LogP contribution in [0.1, 0.15) is 32.6 Å². The summed E-state index contributed by atoms with van der Waals surface area (Å²) in [5, 5.41) is 0.621. The van der Waals surface area contributed by atoms with E-state index in [2.05, 4.69) is 4.98 Å². The van der Waals surface area contributed by atoms with Crippen molar-refractivity contribution in [2.75, 3.05) is 13.1 Å². The standard InChI is InChI=1S/C15H19Cl2N3O/c1-4-19(5-2)15(21)10(3)20-13-7-6-11(17)8-12(13)18-14(20)9-16/h6-8,10H,4-5,9H2,1-3H3. The van der Waals surface area contributed by atoms with Gasteiger partial charge in [0.2, 0.25) is 5.91 Å². The van der Waals surface area contributed by atoms with E-state index in [1.54, 1.807) is 12.1 Å². The van der Waals surface area contributed by atoms with Crippen LogP contribution in [0.15, 0.2) is 18.2 Å². The van der Waals surface area contributed by atoms with Crippen molar-refractivity contribution in [3.8, 4) is 0 Å². The summed E-state index contributed by atoms with van der Waals surface area (Å²) in [7, 11) is 0. The minimum absolute atomic E-state index is 0.0700. The van der Waals surface area contributed by atoms with E-state index in [4.69, 9.17) is 23.2 Å². The fourth-order valence-electron chi connectivity index (χ4n) is 2.56. The molecule has 0 saturated carbocycles. The number of hydrogen-bond donors (Lipinski definition) is 0. The lowest BCUT2D eigenvalue weighted by molar-refractivity contribution is -0.133. The van der Waals surface area contributed by atoms with Crippen LogP contribution in [-0.4, -0.2) is 33.4 Å². The Hall–Kier alpha value is -1.26. The number of benzene rings is 1. The van der Waals surface area contributed by atoms with Crippen molar-refractivity contribution in [1.82, 2.24) is 14.5 Å². The predicted molar refractivity (Wildman–Crippen MR) is 86.9 cm³/mol. The van der Waals surface area contributed by atoms with E-state index in [1.165, 1.54) is 0 Å². The highest BCUT2D eigenvalue weighted by Crippen LogP contribution is 2.26. The molecular formula is C15H19Cl2N3O. The molecule has 4 nitrogen and oxygen atoms in total. The largest absolute Gasteiger partial charge is 0.341 e. The van der Waals surface area contributed by atoms with E-state index in [9.17, 15) is 4.79 Å². The third kappa shape index (κ3) is 3.01. The third-order valence-corrected chi connectivity index (χ3v) is 4.14. The summed E-state index contributed by atoms with van der Waals surface area (Å²) < 4.78 is 1.90. The molecule has 0 radical (unpaired) electrons. The number of aromatic nitrogens is 2. The zero-order valence-corrected chi connectivity index (χ0v) is 13.9. The zero-order valence-electron chi connectivity index (χ0n) is 12.4. The van der Waals surface area contributed by atoms with Crippen LogP contribution in [0.25, 0.3) is 11.0 Å². The molecule has 6 heteroatoms. The molecule has 0 saturated heterocycles. The van der Waals surface area contributed by atoms with Crippen molar-refractivity contribution in [2.24, 2.45) is 0 Å². The number of imidazole rings is 1. The first-order valence-corrected chi connectivity index (χ1v) is 7.95. The SMILES string of the molecule is CCN(CC)C(=O)C(C)n1c(CCl)nc2cc(Cl)ccc21. The molecule has 0 fully saturated rings. The normalized spacial score (nSPS) is 12.6. The number of carbonyl (C=O) groups excluding carboxylic acids is 1. The average molecular weight is 328 g/mol. The molecule has 0 aliphatic heterocycles. The lowest BCUT2D eigenvalue weighted by Gasteiger charge is -2.25. The second kappa shape index (κ2) is 6.67. The fraction of sp³-hybridized carbons (Fsp3) is 0.467. The van der Waals surface area contributed by atoms with E-state index < -0.39 is 0 Å². The summed E-state index contributed by atoms with van der Waals surface area (Å²) in [5.74, 6) is 1.00. The lowest BCUT2D eigenvalue weighted by Crippen LogP contribution is -2.36. The number of alkyl halides is 1. The molecule has 0 spiro atoms. The molecule has 1 heterocycles. The molecular weight excluding hydrogens is 309 g/mol. The second-order valence-electron chi connectivity index (χ2n) is 4.85. The van der Waals surface area contributed by atoms with Gasteiger partial charge in [0, 0.05) is 18.1 Å². The lowest BCUT2D eigenvalue weighted by atomic mass is 10.2. The Labute approximate surface area is 134 Å². The summed E-state index contributed by atoms with van der Waals surface area (Å²) in [6, 6.07) is 5.13. The highest BCUT2D eigenvalue weighted by Gasteiger charge is 2.24. The quantitative estimate of drug-likeness (QED) is 0.782. The van der Waals surface area contributed by atoms with Crippen molar-refractivity contribution in [1.29, 1.82) is 0 Å². The molecule has 1 aromatic carbocycles. The van der Waals surface area contributed by atoms with Crippen LogP contribution in [0, 0.1) is 0 Å². The highest BCUT2D eigenvalue weighted by atomic mass is 35.5. The minimum Gasteiger partial charge on any atom is -0.341 e. The number of hydrogen-bond acceptors (Lipinski definition) is 2. The van der Waals surface area contributed by atoms with Crippen LogP contribution >= 0.6 is 23.2 Å². The summed E-state index contributed by atoms with van der Waals surface area (Å²) in [6.07, 6.45) is 0. The second-order valence-corrected chi connectivity index (χ2v) is 5.55. The van der Waals surface area contributed by atoms with E-state index in [0.717, 1.165) is 11.0 Å². The van der Waals surface area contributed by atoms with Crippen LogP contribution in [-0.2, 0) is 10.7 Å². The molecule has 2 aromatic rings. The van der Waals surface area contributed by atoms with Crippen LogP contribution in [0.4, 0.5) is 0 Å². The number of amides is 1. The molecule has 1 aromatic heterocycles. The van der Waals surface area contributed by atoms with E-state index in [1.807, 2.05) is 36.3 Å². The fourth-order valence-corrected chi connectivity index (χ4v) is 2.91. The predicted octanol–water partition coefficient (Wildman–Crippen LogP) is 3.86. The van der Waals surface area contributed by atoms with Gasteiger partial charge in [-0.3, -0.25) is 4.79 Å². The van der Waals surface area contributed by atoms with E-state index in [0.29, 0.717) is 23.9 Å². The highest BCUT2D eigenvalue weighted by molar-refractivity contribution is 6.31. The number of carbonyl (C=O) groups is 1. The Kier molecular flexibility index (Phi) is 5.12. The van der Waals surface area contributed by atoms with Crippen molar-refractivity contribution >= 4 is 40.1 Å². The van der Waals surface area contributed by atoms with Crippen molar-refractivity contribution in [2.45, 2.75) is 32.7 Å². The maximum Gasteiger partial charge on any atom is 0.245 e. The molecule has 0 N–H and O–H groups in total. The van der Waals surface area contributed by atoms with Crippen molar-refractivity contribution in [3.63, 3.8) is 0 Å². The number of likely N-dealkylation sites (N-methyl/N-ethyl adjacent to an activating group) is 1. The molecule has 0 bridgehead atoms. The van der Waals surface area contributed by atoms with E-state index in [-0.39, 0.29) is 17.8 Å². The molecule has 1 amide bonds. The maximum atomic E-state index is 12.6. The molecule has 114 valence electrons. The van der Waals surface area contributed by atoms with Gasteiger partial charge >= 0.3 is 0 Å². The van der Waals surface area contributed by atoms with Crippen molar-refractivity contribution < 1.29 is 4.79 Å². The molecule has 0 aliphatic carbocycles. The molecule has 2 rings (SSSR count). The first-order chi connectivity index (χ1) is 10.0. The van der Waals surface area contributed by atoms with Gasteiger partial charge in [0.15, 0.2) is 0 Å². The number of fused-ring (bicyclic) bond motifs is 1. The number of halogens is 2. The monoisotopic (exact) mass is 327 g/mol. The van der Waals surface area contributed by atoms with Gasteiger partial charge in [-0.25, -0.2) is 4.98 Å². The van der Waals surface area contributed by atoms with Gasteiger partial charge in [-0.05, 0) is 39.0 Å². The minimum atomic E-state index is -0.343. The van der Waals surface area contributed by atoms with Gasteiger partial charge in [-0.2, -0.15) is 0 Å². The number of nitrogens with zero attached hydrogens (tertiary/aromatic N) is 3. The maximum absolute atomic E-state index is 12.6. The average Bonchev–Trinajstić information content (AvgIpc) is 2.84. The Morgan fingerprint density at radius 1 is 1.38 bits per heavy atom. The third-order valence-electron chi connectivity index (χ3n) is 3.66. The van der Waals surface area contributed by atoms with E-state index >= 15 is 0 Å². The zero-order chi connectivity index (χ0) is 15.6. The Balaban J connectivity index is 2.51. The Morgan fingerprint density at radius 3 is 2.62 bits per heavy atom. The smallest absolute Gasteiger partial charge is 0.245 e. The van der Waals surface area contributed by atoms with Gasteiger partial charge in [-0.1, -0.05) is 11.6 Å². The van der Waals surface area contributed by atoms with Crippen LogP contribution in [0.5, 0.6) is 0 Å². The summed E-state index contributed by atoms with van der Waals surface area (Å²) >= 11 is 12.0. The van der Waals surface area contributed by atoms with Gasteiger partial charge in [-0.15, -0.1) is 11.6 Å². The van der Waals surface area contributed by atoms with Crippen LogP contribution < -0.4 is 0 Å². The van der Waals surface area contributed by atoms with Gasteiger partial charge < -0.3 is 9.47 Å². The Morgan fingerprint density at radius 2 is 2.05 bits per heavy atom. The molecule has 1 unspecified atom stereocenters. The first kappa shape index (κ1) is 16.1. The molecule has 1 atom stereocenters. The molecule has 21 heavy (non-hydrogen) atoms. The van der Waals surface area contributed by atoms with Crippen LogP contribution in [0.2, 0.25) is 5.02 Å².